The molecule has 2 aromatic heterocycles. The summed E-state index contributed by atoms with van der Waals surface area (Å²) in [4.78, 5) is 11.3. The summed E-state index contributed by atoms with van der Waals surface area (Å²) < 4.78 is 63.4. The summed E-state index contributed by atoms with van der Waals surface area (Å²) in [6.07, 6.45) is 2.02. The second-order valence-corrected chi connectivity index (χ2v) is 7.52. The molecule has 0 saturated heterocycles. The summed E-state index contributed by atoms with van der Waals surface area (Å²) in [7, 11) is -3.54. The second kappa shape index (κ2) is 9.31. The maximum Gasteiger partial charge on any atom is 0.433 e. The van der Waals surface area contributed by atoms with Crippen LogP contribution in [-0.4, -0.2) is 36.3 Å². The quantitative estimate of drug-likeness (QED) is 0.363. The summed E-state index contributed by atoms with van der Waals surface area (Å²) in [5.41, 5.74) is -1.04. The lowest BCUT2D eigenvalue weighted by Gasteiger charge is -2.10. The highest BCUT2D eigenvalue weighted by atomic mass is 32.2. The van der Waals surface area contributed by atoms with Crippen LogP contribution in [0.3, 0.4) is 0 Å². The smallest absolute Gasteiger partial charge is 0.340 e. The summed E-state index contributed by atoms with van der Waals surface area (Å²) in [5.74, 6) is -0.388. The van der Waals surface area contributed by atoms with Crippen LogP contribution in [0.15, 0.2) is 66.3 Å². The van der Waals surface area contributed by atoms with Gasteiger partial charge in [-0.2, -0.15) is 13.2 Å². The number of allylic oxidation sites excluding steroid dienone is 2. The molecule has 0 saturated carbocycles. The van der Waals surface area contributed by atoms with Crippen LogP contribution in [0.4, 0.5) is 24.7 Å². The Labute approximate surface area is 170 Å². The molecule has 30 heavy (non-hydrogen) atoms. The Morgan fingerprint density at radius 1 is 1.30 bits per heavy atom. The van der Waals surface area contributed by atoms with Crippen molar-refractivity contribution >= 4 is 33.2 Å². The third kappa shape index (κ3) is 7.13. The van der Waals surface area contributed by atoms with E-state index in [-0.39, 0.29) is 17.3 Å². The number of sulfonamides is 1. The lowest BCUT2D eigenvalue weighted by atomic mass is 10.2. The molecule has 0 atom stereocenters. The fourth-order valence-electron chi connectivity index (χ4n) is 2.07. The number of alkyl halides is 3. The first-order chi connectivity index (χ1) is 14.0. The van der Waals surface area contributed by atoms with Crippen molar-refractivity contribution in [2.75, 3.05) is 16.3 Å². The highest BCUT2D eigenvalue weighted by Gasteiger charge is 2.32. The summed E-state index contributed by atoms with van der Waals surface area (Å²) in [5, 5.41) is 10.8. The average molecular weight is 438 g/mol. The van der Waals surface area contributed by atoms with Gasteiger partial charge in [0.2, 0.25) is 10.0 Å². The zero-order valence-electron chi connectivity index (χ0n) is 15.6. The first kappa shape index (κ1) is 22.7. The van der Waals surface area contributed by atoms with Gasteiger partial charge < -0.3 is 5.32 Å². The molecular weight excluding hydrogens is 421 g/mol. The fraction of sp³-hybridized carbons (Fsp3) is 0.111. The zero-order chi connectivity index (χ0) is 22.4. The first-order valence-corrected chi connectivity index (χ1v) is 10.1. The van der Waals surface area contributed by atoms with E-state index >= 15 is 0 Å². The van der Waals surface area contributed by atoms with Gasteiger partial charge in [0.05, 0.1) is 6.26 Å². The molecule has 2 heterocycles. The Morgan fingerprint density at radius 3 is 2.67 bits per heavy atom. The molecule has 12 heteroatoms. The topological polar surface area (TPSA) is 120 Å². The van der Waals surface area contributed by atoms with E-state index in [0.717, 1.165) is 18.4 Å². The number of aliphatic imine (C=N–C) groups is 1. The van der Waals surface area contributed by atoms with Crippen LogP contribution in [0.2, 0.25) is 0 Å². The minimum Gasteiger partial charge on any atom is -0.340 e. The van der Waals surface area contributed by atoms with Crippen LogP contribution in [0, 0.1) is 5.41 Å². The van der Waals surface area contributed by atoms with E-state index in [4.69, 9.17) is 5.41 Å². The molecule has 0 fully saturated rings. The van der Waals surface area contributed by atoms with Gasteiger partial charge in [-0.25, -0.2) is 23.4 Å². The van der Waals surface area contributed by atoms with Crippen molar-refractivity contribution in [2.45, 2.75) is 6.18 Å². The molecule has 8 nitrogen and oxygen atoms in total. The van der Waals surface area contributed by atoms with E-state index in [1.165, 1.54) is 42.6 Å². The molecule has 0 aliphatic heterocycles. The number of halogens is 3. The molecule has 0 amide bonds. The number of hydrogen-bond donors (Lipinski definition) is 3. The van der Waals surface area contributed by atoms with Crippen molar-refractivity contribution < 1.29 is 21.6 Å². The van der Waals surface area contributed by atoms with E-state index in [2.05, 4.69) is 31.6 Å². The SMILES string of the molecule is C=C/C=C/C(=N\C(=N)c1cccc(C(F)(F)F)n1)Nc1ccnc(NS(C)(=O)=O)c1. The van der Waals surface area contributed by atoms with Gasteiger partial charge in [-0.1, -0.05) is 24.8 Å². The zero-order valence-corrected chi connectivity index (χ0v) is 16.4. The number of rotatable bonds is 6. The van der Waals surface area contributed by atoms with E-state index in [1.54, 1.807) is 0 Å². The van der Waals surface area contributed by atoms with E-state index in [0.29, 0.717) is 5.69 Å². The van der Waals surface area contributed by atoms with Gasteiger partial charge in [-0.15, -0.1) is 0 Å². The Morgan fingerprint density at radius 2 is 2.03 bits per heavy atom. The molecule has 0 aliphatic carbocycles. The average Bonchev–Trinajstić information content (AvgIpc) is 2.64. The Hall–Kier alpha value is -3.54. The number of nitrogens with one attached hydrogen (secondary N) is 3. The van der Waals surface area contributed by atoms with Crippen molar-refractivity contribution in [1.29, 1.82) is 5.41 Å². The van der Waals surface area contributed by atoms with Crippen LogP contribution in [0.25, 0.3) is 0 Å². The highest BCUT2D eigenvalue weighted by molar-refractivity contribution is 7.92. The first-order valence-electron chi connectivity index (χ1n) is 8.20. The monoisotopic (exact) mass is 438 g/mol. The van der Waals surface area contributed by atoms with Gasteiger partial charge in [0.1, 0.15) is 23.0 Å². The number of anilines is 2. The van der Waals surface area contributed by atoms with E-state index in [9.17, 15) is 21.6 Å². The molecule has 2 aromatic rings. The minimum absolute atomic E-state index is 0.0455. The van der Waals surface area contributed by atoms with Crippen molar-refractivity contribution in [3.05, 3.63) is 72.7 Å². The van der Waals surface area contributed by atoms with Gasteiger partial charge in [-0.3, -0.25) is 10.1 Å². The molecule has 0 spiro atoms. The Kier molecular flexibility index (Phi) is 7.06. The highest BCUT2D eigenvalue weighted by Crippen LogP contribution is 2.27. The van der Waals surface area contributed by atoms with Crippen LogP contribution in [0.1, 0.15) is 11.4 Å². The largest absolute Gasteiger partial charge is 0.433 e. The predicted molar refractivity (Wildman–Crippen MR) is 109 cm³/mol. The number of aromatic nitrogens is 2. The second-order valence-electron chi connectivity index (χ2n) is 5.78. The lowest BCUT2D eigenvalue weighted by Crippen LogP contribution is -2.15. The number of hydrogen-bond acceptors (Lipinski definition) is 5. The van der Waals surface area contributed by atoms with Crippen LogP contribution in [-0.2, 0) is 16.2 Å². The fourth-order valence-corrected chi connectivity index (χ4v) is 2.56. The van der Waals surface area contributed by atoms with Gasteiger partial charge in [0.15, 0.2) is 5.84 Å². The predicted octanol–water partition coefficient (Wildman–Crippen LogP) is 3.45. The van der Waals surface area contributed by atoms with Gasteiger partial charge in [0, 0.05) is 18.0 Å². The van der Waals surface area contributed by atoms with Crippen molar-refractivity contribution in [3.8, 4) is 0 Å². The standard InChI is InChI=1S/C18H17F3N6O2S/c1-3-4-8-15(24-12-9-10-23-16(11-12)27-30(2,28)29)26-17(22)13-6-5-7-14(25-13)18(19,20)21/h3-11H,1H2,2H3,(H3,22,23,24,26,27)/b8-4+. The summed E-state index contributed by atoms with van der Waals surface area (Å²) in [6.45, 7) is 3.52. The minimum atomic E-state index is -4.65. The molecule has 158 valence electrons. The van der Waals surface area contributed by atoms with Crippen LogP contribution >= 0.6 is 0 Å². The lowest BCUT2D eigenvalue weighted by molar-refractivity contribution is -0.141. The third-order valence-corrected chi connectivity index (χ3v) is 3.81. The number of nitrogens with zero attached hydrogens (tertiary/aromatic N) is 3. The third-order valence-electron chi connectivity index (χ3n) is 3.23. The van der Waals surface area contributed by atoms with Gasteiger partial charge >= 0.3 is 6.18 Å². The molecule has 3 N–H and O–H groups in total. The van der Waals surface area contributed by atoms with E-state index in [1.807, 2.05) is 0 Å². The maximum absolute atomic E-state index is 12.8. The molecule has 0 aliphatic rings. The Bertz CT molecular complexity index is 1110. The maximum atomic E-state index is 12.8. The van der Waals surface area contributed by atoms with Crippen molar-refractivity contribution in [2.24, 2.45) is 4.99 Å². The molecule has 0 unspecified atom stereocenters. The Balaban J connectivity index is 2.33. The van der Waals surface area contributed by atoms with Gasteiger partial charge in [-0.05, 0) is 24.3 Å². The number of amidine groups is 2. The van der Waals surface area contributed by atoms with E-state index < -0.39 is 27.7 Å². The summed E-state index contributed by atoms with van der Waals surface area (Å²) in [6, 6.07) is 6.05. The number of pyridine rings is 2. The molecular formula is C18H17F3N6O2S. The van der Waals surface area contributed by atoms with Crippen molar-refractivity contribution in [3.63, 3.8) is 0 Å². The molecule has 0 aromatic carbocycles. The van der Waals surface area contributed by atoms with Crippen LogP contribution < -0.4 is 10.0 Å². The molecule has 0 radical (unpaired) electrons. The van der Waals surface area contributed by atoms with Crippen molar-refractivity contribution in [1.82, 2.24) is 9.97 Å². The normalized spacial score (nSPS) is 12.6. The molecule has 2 rings (SSSR count). The van der Waals surface area contributed by atoms with Crippen LogP contribution in [0.5, 0.6) is 0 Å². The van der Waals surface area contributed by atoms with Gasteiger partial charge in [0.25, 0.3) is 0 Å². The molecule has 0 bridgehead atoms. The summed E-state index contributed by atoms with van der Waals surface area (Å²) >= 11 is 0.